The second-order valence-electron chi connectivity index (χ2n) is 6.21. The monoisotopic (exact) mass is 371 g/mol. The van der Waals surface area contributed by atoms with Crippen LogP contribution in [0.1, 0.15) is 35.0 Å². The lowest BCUT2D eigenvalue weighted by molar-refractivity contribution is -0.274. The number of carbonyl (C=O) groups excluding carboxylic acids is 1. The van der Waals surface area contributed by atoms with E-state index in [4.69, 9.17) is 0 Å². The number of carbonyl (C=O) groups is 1. The van der Waals surface area contributed by atoms with Crippen molar-refractivity contribution in [3.8, 4) is 5.75 Å². The Hall–Kier alpha value is -2.16. The molecule has 9 heteroatoms. The summed E-state index contributed by atoms with van der Waals surface area (Å²) in [6, 6.07) is 5.78. The van der Waals surface area contributed by atoms with Crippen molar-refractivity contribution in [2.75, 3.05) is 6.54 Å². The predicted octanol–water partition coefficient (Wildman–Crippen LogP) is 3.67. The molecular weight excluding hydrogens is 355 g/mol. The highest BCUT2D eigenvalue weighted by Crippen LogP contribution is 2.34. The van der Waals surface area contributed by atoms with Gasteiger partial charge in [0.25, 0.3) is 5.91 Å². The third kappa shape index (κ3) is 4.09. The number of benzene rings is 1. The van der Waals surface area contributed by atoms with Crippen LogP contribution in [0.2, 0.25) is 0 Å². The Labute approximate surface area is 146 Å². The van der Waals surface area contributed by atoms with Gasteiger partial charge in [-0.1, -0.05) is 16.6 Å². The van der Waals surface area contributed by atoms with Crippen molar-refractivity contribution in [3.05, 3.63) is 40.9 Å². The molecule has 0 saturated carbocycles. The Morgan fingerprint density at radius 1 is 1.36 bits per heavy atom. The summed E-state index contributed by atoms with van der Waals surface area (Å²) < 4.78 is 44.3. The molecule has 1 unspecified atom stereocenters. The third-order valence-electron chi connectivity index (χ3n) is 4.31. The summed E-state index contributed by atoms with van der Waals surface area (Å²) in [6.45, 7) is 2.63. The molecule has 1 amide bonds. The van der Waals surface area contributed by atoms with E-state index in [0.29, 0.717) is 17.8 Å². The second kappa shape index (κ2) is 6.62. The number of aromatic nitrogens is 2. The minimum atomic E-state index is -4.70. The lowest BCUT2D eigenvalue weighted by Gasteiger charge is -2.35. The van der Waals surface area contributed by atoms with Crippen LogP contribution < -0.4 is 4.74 Å². The SMILES string of the molecule is CC1(Cc2ccc(OC(F)(F)F)cc2)CCCN1C(=O)c1cnns1. The Bertz CT molecular complexity index is 734. The summed E-state index contributed by atoms with van der Waals surface area (Å²) in [5.74, 6) is -0.358. The fourth-order valence-electron chi connectivity index (χ4n) is 3.20. The number of hydrogen-bond acceptors (Lipinski definition) is 5. The van der Waals surface area contributed by atoms with Crippen molar-refractivity contribution in [2.24, 2.45) is 0 Å². The molecule has 1 aromatic heterocycles. The van der Waals surface area contributed by atoms with Crippen LogP contribution in [0.3, 0.4) is 0 Å². The molecular formula is C16H16F3N3O2S. The fourth-order valence-corrected chi connectivity index (χ4v) is 3.66. The Balaban J connectivity index is 1.73. The number of nitrogens with zero attached hydrogens (tertiary/aromatic N) is 3. The summed E-state index contributed by atoms with van der Waals surface area (Å²) >= 11 is 1.06. The molecule has 1 saturated heterocycles. The van der Waals surface area contributed by atoms with E-state index in [1.807, 2.05) is 11.8 Å². The van der Waals surface area contributed by atoms with Crippen molar-refractivity contribution in [2.45, 2.75) is 38.1 Å². The summed E-state index contributed by atoms with van der Waals surface area (Å²) in [4.78, 5) is 14.9. The molecule has 0 bridgehead atoms. The van der Waals surface area contributed by atoms with Crippen LogP contribution in [0.25, 0.3) is 0 Å². The largest absolute Gasteiger partial charge is 0.573 e. The molecule has 2 aromatic rings. The van der Waals surface area contributed by atoms with Crippen molar-refractivity contribution < 1.29 is 22.7 Å². The lowest BCUT2D eigenvalue weighted by atomic mass is 9.90. The van der Waals surface area contributed by atoms with Gasteiger partial charge in [0, 0.05) is 12.1 Å². The van der Waals surface area contributed by atoms with Gasteiger partial charge in [0.05, 0.1) is 6.20 Å². The molecule has 134 valence electrons. The van der Waals surface area contributed by atoms with Gasteiger partial charge in [-0.05, 0) is 55.4 Å². The van der Waals surface area contributed by atoms with Crippen molar-refractivity contribution >= 4 is 17.4 Å². The van der Waals surface area contributed by atoms with E-state index in [9.17, 15) is 18.0 Å². The number of amides is 1. The average Bonchev–Trinajstić information content (AvgIpc) is 3.17. The van der Waals surface area contributed by atoms with Gasteiger partial charge in [-0.3, -0.25) is 4.79 Å². The molecule has 5 nitrogen and oxygen atoms in total. The molecule has 0 aliphatic carbocycles. The van der Waals surface area contributed by atoms with Gasteiger partial charge in [-0.15, -0.1) is 18.3 Å². The van der Waals surface area contributed by atoms with Gasteiger partial charge < -0.3 is 9.64 Å². The van der Waals surface area contributed by atoms with Crippen LogP contribution in [0.5, 0.6) is 5.75 Å². The molecule has 25 heavy (non-hydrogen) atoms. The first kappa shape index (κ1) is 17.7. The zero-order valence-electron chi connectivity index (χ0n) is 13.4. The van der Waals surface area contributed by atoms with Gasteiger partial charge in [-0.2, -0.15) is 0 Å². The Morgan fingerprint density at radius 3 is 2.68 bits per heavy atom. The van der Waals surface area contributed by atoms with E-state index >= 15 is 0 Å². The highest BCUT2D eigenvalue weighted by molar-refractivity contribution is 7.07. The summed E-state index contributed by atoms with van der Waals surface area (Å²) in [5, 5.41) is 3.70. The second-order valence-corrected chi connectivity index (χ2v) is 6.99. The van der Waals surface area contributed by atoms with E-state index in [0.717, 1.165) is 29.9 Å². The minimum Gasteiger partial charge on any atom is -0.406 e. The highest BCUT2D eigenvalue weighted by atomic mass is 32.1. The average molecular weight is 371 g/mol. The zero-order chi connectivity index (χ0) is 18.1. The van der Waals surface area contributed by atoms with Gasteiger partial charge in [0.2, 0.25) is 0 Å². The smallest absolute Gasteiger partial charge is 0.406 e. The molecule has 1 aliphatic rings. The van der Waals surface area contributed by atoms with E-state index in [1.54, 1.807) is 12.1 Å². The van der Waals surface area contributed by atoms with Gasteiger partial charge in [0.1, 0.15) is 10.6 Å². The summed E-state index contributed by atoms with van der Waals surface area (Å²) in [6.07, 6.45) is -0.993. The molecule has 1 aliphatic heterocycles. The van der Waals surface area contributed by atoms with Crippen LogP contribution in [0, 0.1) is 0 Å². The van der Waals surface area contributed by atoms with Crippen LogP contribution >= 0.6 is 11.5 Å². The number of ether oxygens (including phenoxy) is 1. The van der Waals surface area contributed by atoms with Crippen LogP contribution in [-0.2, 0) is 6.42 Å². The minimum absolute atomic E-state index is 0.105. The van der Waals surface area contributed by atoms with E-state index in [-0.39, 0.29) is 11.7 Å². The Morgan fingerprint density at radius 2 is 2.08 bits per heavy atom. The standard InChI is InChI=1S/C16H16F3N3O2S/c1-15(7-2-8-22(15)14(23)13-10-20-21-25-13)9-11-3-5-12(6-4-11)24-16(17,18)19/h3-6,10H,2,7-9H2,1H3. The van der Waals surface area contributed by atoms with Gasteiger partial charge >= 0.3 is 6.36 Å². The van der Waals surface area contributed by atoms with Crippen LogP contribution in [0.15, 0.2) is 30.5 Å². The molecule has 1 aromatic carbocycles. The molecule has 2 heterocycles. The third-order valence-corrected chi connectivity index (χ3v) is 4.96. The molecule has 3 rings (SSSR count). The zero-order valence-corrected chi connectivity index (χ0v) is 14.2. The molecule has 0 N–H and O–H groups in total. The first-order valence-corrected chi connectivity index (χ1v) is 8.48. The number of likely N-dealkylation sites (tertiary alicyclic amines) is 1. The van der Waals surface area contributed by atoms with E-state index < -0.39 is 11.9 Å². The van der Waals surface area contributed by atoms with Gasteiger partial charge in [-0.25, -0.2) is 0 Å². The Kier molecular flexibility index (Phi) is 4.68. The number of rotatable bonds is 4. The maximum atomic E-state index is 12.6. The summed E-state index contributed by atoms with van der Waals surface area (Å²) in [7, 11) is 0. The van der Waals surface area contributed by atoms with Crippen molar-refractivity contribution in [1.29, 1.82) is 0 Å². The highest BCUT2D eigenvalue weighted by Gasteiger charge is 2.40. The van der Waals surface area contributed by atoms with Crippen LogP contribution in [0.4, 0.5) is 13.2 Å². The van der Waals surface area contributed by atoms with E-state index in [1.165, 1.54) is 18.3 Å². The normalized spacial score (nSPS) is 20.7. The lowest BCUT2D eigenvalue weighted by Crippen LogP contribution is -2.46. The topological polar surface area (TPSA) is 55.3 Å². The molecule has 0 spiro atoms. The predicted molar refractivity (Wildman–Crippen MR) is 85.4 cm³/mol. The number of alkyl halides is 3. The molecule has 1 atom stereocenters. The fraction of sp³-hybridized carbons (Fsp3) is 0.438. The van der Waals surface area contributed by atoms with Crippen molar-refractivity contribution in [1.82, 2.24) is 14.5 Å². The van der Waals surface area contributed by atoms with E-state index in [2.05, 4.69) is 14.3 Å². The summed E-state index contributed by atoms with van der Waals surface area (Å²) in [5.41, 5.74) is 0.451. The molecule has 0 radical (unpaired) electrons. The first-order chi connectivity index (χ1) is 11.8. The van der Waals surface area contributed by atoms with Crippen LogP contribution in [-0.4, -0.2) is 38.8 Å². The number of halogens is 3. The maximum absolute atomic E-state index is 12.6. The van der Waals surface area contributed by atoms with Gasteiger partial charge in [0.15, 0.2) is 0 Å². The maximum Gasteiger partial charge on any atom is 0.573 e. The molecule has 1 fully saturated rings. The number of hydrogen-bond donors (Lipinski definition) is 0. The van der Waals surface area contributed by atoms with Crippen molar-refractivity contribution in [3.63, 3.8) is 0 Å². The quantitative estimate of drug-likeness (QED) is 0.823. The first-order valence-electron chi connectivity index (χ1n) is 7.71.